The number of halogens is 1. The van der Waals surface area contributed by atoms with E-state index in [1.165, 1.54) is 12.1 Å². The first-order valence-corrected chi connectivity index (χ1v) is 6.63. The van der Waals surface area contributed by atoms with Gasteiger partial charge < -0.3 is 5.32 Å². The van der Waals surface area contributed by atoms with Gasteiger partial charge in [-0.1, -0.05) is 30.3 Å². The highest BCUT2D eigenvalue weighted by Gasteiger charge is 2.27. The Morgan fingerprint density at radius 1 is 1.09 bits per heavy atom. The van der Waals surface area contributed by atoms with Crippen LogP contribution in [-0.4, -0.2) is 11.7 Å². The summed E-state index contributed by atoms with van der Waals surface area (Å²) in [5.41, 5.74) is 0.990. The molecule has 0 saturated carbocycles. The molecule has 0 radical (unpaired) electrons. The van der Waals surface area contributed by atoms with Crippen LogP contribution in [0.2, 0.25) is 0 Å². The number of Topliss-reactive ketones (excluding diaryl/α,β-unsaturated/α-hetero) is 1. The van der Waals surface area contributed by atoms with Crippen molar-refractivity contribution in [2.75, 3.05) is 0 Å². The maximum Gasteiger partial charge on any atom is 0.245 e. The van der Waals surface area contributed by atoms with Gasteiger partial charge in [0.15, 0.2) is 11.7 Å². The predicted octanol–water partition coefficient (Wildman–Crippen LogP) is 2.46. The lowest BCUT2D eigenvalue weighted by molar-refractivity contribution is -0.122. The summed E-state index contributed by atoms with van der Waals surface area (Å²) in [6.45, 7) is 0.231. The minimum atomic E-state index is -1.45. The second-order valence-corrected chi connectivity index (χ2v) is 4.64. The minimum absolute atomic E-state index is 0.128. The van der Waals surface area contributed by atoms with Gasteiger partial charge in [-0.15, -0.1) is 0 Å². The Balaban J connectivity index is 2.04. The van der Waals surface area contributed by atoms with Crippen LogP contribution in [0.4, 0.5) is 4.39 Å². The fraction of sp³-hybridized carbons (Fsp3) is 0.118. The molecule has 1 amide bonds. The number of rotatable bonds is 5. The summed E-state index contributed by atoms with van der Waals surface area (Å²) in [6, 6.07) is 15.6. The number of carbonyl (C=O) groups excluding carboxylic acids is 2. The van der Waals surface area contributed by atoms with Crippen LogP contribution < -0.4 is 5.32 Å². The third-order valence-electron chi connectivity index (χ3n) is 3.09. The number of hydrogen-bond acceptors (Lipinski definition) is 3. The molecule has 5 heteroatoms. The molecular formula is C17H13FN2O2. The molecule has 2 rings (SSSR count). The predicted molar refractivity (Wildman–Crippen MR) is 78.1 cm³/mol. The van der Waals surface area contributed by atoms with Crippen molar-refractivity contribution in [1.29, 1.82) is 5.26 Å². The summed E-state index contributed by atoms with van der Waals surface area (Å²) in [5.74, 6) is -3.25. The zero-order chi connectivity index (χ0) is 15.9. The van der Waals surface area contributed by atoms with Crippen LogP contribution >= 0.6 is 0 Å². The number of carbonyl (C=O) groups is 2. The molecular weight excluding hydrogens is 283 g/mol. The van der Waals surface area contributed by atoms with Crippen molar-refractivity contribution in [2.45, 2.75) is 6.54 Å². The summed E-state index contributed by atoms with van der Waals surface area (Å²) in [5, 5.41) is 11.6. The van der Waals surface area contributed by atoms with Crippen molar-refractivity contribution in [2.24, 2.45) is 5.92 Å². The molecule has 0 aliphatic heterocycles. The van der Waals surface area contributed by atoms with Gasteiger partial charge in [-0.25, -0.2) is 4.39 Å². The Bertz CT molecular complexity index is 706. The molecule has 0 aromatic heterocycles. The summed E-state index contributed by atoms with van der Waals surface area (Å²) in [4.78, 5) is 24.1. The topological polar surface area (TPSA) is 70.0 Å². The molecule has 0 heterocycles. The average Bonchev–Trinajstić information content (AvgIpc) is 2.55. The standard InChI is InChI=1S/C17H13FN2O2/c18-14-8-6-13(7-9-14)16(21)15(10-19)17(22)20-11-12-4-2-1-3-5-12/h1-9,15H,11H2,(H,20,22)/t15-/m0/s1. The van der Waals surface area contributed by atoms with Crippen molar-refractivity contribution < 1.29 is 14.0 Å². The van der Waals surface area contributed by atoms with E-state index in [2.05, 4.69) is 5.32 Å². The van der Waals surface area contributed by atoms with Gasteiger partial charge in [0.1, 0.15) is 5.82 Å². The third kappa shape index (κ3) is 3.76. The van der Waals surface area contributed by atoms with E-state index in [1.807, 2.05) is 30.3 Å². The number of hydrogen-bond donors (Lipinski definition) is 1. The molecule has 1 atom stereocenters. The van der Waals surface area contributed by atoms with Crippen molar-refractivity contribution in [3.63, 3.8) is 0 Å². The molecule has 4 nitrogen and oxygen atoms in total. The molecule has 22 heavy (non-hydrogen) atoms. The highest BCUT2D eigenvalue weighted by Crippen LogP contribution is 2.11. The van der Waals surface area contributed by atoms with E-state index in [0.29, 0.717) is 0 Å². The summed E-state index contributed by atoms with van der Waals surface area (Å²) >= 11 is 0. The fourth-order valence-electron chi connectivity index (χ4n) is 1.90. The quantitative estimate of drug-likeness (QED) is 0.680. The Labute approximate surface area is 127 Å². The van der Waals surface area contributed by atoms with Gasteiger partial charge in [-0.2, -0.15) is 5.26 Å². The summed E-state index contributed by atoms with van der Waals surface area (Å²) in [6.07, 6.45) is 0. The smallest absolute Gasteiger partial charge is 0.245 e. The number of nitrogens with one attached hydrogen (secondary N) is 1. The van der Waals surface area contributed by atoms with Gasteiger partial charge in [0, 0.05) is 12.1 Å². The zero-order valence-corrected chi connectivity index (χ0v) is 11.6. The van der Waals surface area contributed by atoms with Crippen LogP contribution in [-0.2, 0) is 11.3 Å². The highest BCUT2D eigenvalue weighted by molar-refractivity contribution is 6.12. The van der Waals surface area contributed by atoms with E-state index >= 15 is 0 Å². The van der Waals surface area contributed by atoms with Crippen molar-refractivity contribution in [3.8, 4) is 6.07 Å². The van der Waals surface area contributed by atoms with E-state index in [-0.39, 0.29) is 12.1 Å². The SMILES string of the molecule is N#C[C@H](C(=O)NCc1ccccc1)C(=O)c1ccc(F)cc1. The molecule has 0 spiro atoms. The first kappa shape index (κ1) is 15.4. The van der Waals surface area contributed by atoms with Gasteiger partial charge in [0.05, 0.1) is 6.07 Å². The molecule has 0 unspecified atom stereocenters. The van der Waals surface area contributed by atoms with Gasteiger partial charge >= 0.3 is 0 Å². The number of nitrogens with zero attached hydrogens (tertiary/aromatic N) is 1. The first-order chi connectivity index (χ1) is 10.6. The average molecular weight is 296 g/mol. The highest BCUT2D eigenvalue weighted by atomic mass is 19.1. The Morgan fingerprint density at radius 3 is 2.32 bits per heavy atom. The molecule has 2 aromatic carbocycles. The summed E-state index contributed by atoms with van der Waals surface area (Å²) < 4.78 is 12.8. The van der Waals surface area contributed by atoms with Crippen LogP contribution in [0, 0.1) is 23.1 Å². The van der Waals surface area contributed by atoms with E-state index in [9.17, 15) is 14.0 Å². The van der Waals surface area contributed by atoms with Crippen LogP contribution in [0.5, 0.6) is 0 Å². The van der Waals surface area contributed by atoms with Gasteiger partial charge in [0.2, 0.25) is 5.91 Å². The van der Waals surface area contributed by atoms with Crippen molar-refractivity contribution in [3.05, 3.63) is 71.5 Å². The molecule has 0 aliphatic rings. The second-order valence-electron chi connectivity index (χ2n) is 4.64. The van der Waals surface area contributed by atoms with Crippen molar-refractivity contribution in [1.82, 2.24) is 5.32 Å². The molecule has 0 aliphatic carbocycles. The molecule has 0 saturated heterocycles. The normalized spacial score (nSPS) is 11.3. The maximum absolute atomic E-state index is 12.8. The molecule has 2 aromatic rings. The molecule has 1 N–H and O–H groups in total. The van der Waals surface area contributed by atoms with Crippen LogP contribution in [0.1, 0.15) is 15.9 Å². The van der Waals surface area contributed by atoms with E-state index in [1.54, 1.807) is 6.07 Å². The molecule has 0 bridgehead atoms. The fourth-order valence-corrected chi connectivity index (χ4v) is 1.90. The Kier molecular flexibility index (Phi) is 4.99. The van der Waals surface area contributed by atoms with Gasteiger partial charge in [0.25, 0.3) is 0 Å². The van der Waals surface area contributed by atoms with Gasteiger partial charge in [-0.3, -0.25) is 9.59 Å². The number of benzene rings is 2. The lowest BCUT2D eigenvalue weighted by Crippen LogP contribution is -2.34. The lowest BCUT2D eigenvalue weighted by Gasteiger charge is -2.09. The van der Waals surface area contributed by atoms with Gasteiger partial charge in [-0.05, 0) is 29.8 Å². The largest absolute Gasteiger partial charge is 0.350 e. The maximum atomic E-state index is 12.8. The third-order valence-corrected chi connectivity index (χ3v) is 3.09. The van der Waals surface area contributed by atoms with E-state index in [4.69, 9.17) is 5.26 Å². The Hall–Kier alpha value is -3.00. The number of nitriles is 1. The molecule has 0 fully saturated rings. The monoisotopic (exact) mass is 296 g/mol. The minimum Gasteiger partial charge on any atom is -0.350 e. The number of amides is 1. The zero-order valence-electron chi connectivity index (χ0n) is 11.6. The van der Waals surface area contributed by atoms with Crippen LogP contribution in [0.3, 0.4) is 0 Å². The van der Waals surface area contributed by atoms with E-state index in [0.717, 1.165) is 17.7 Å². The van der Waals surface area contributed by atoms with E-state index < -0.39 is 23.4 Å². The summed E-state index contributed by atoms with van der Waals surface area (Å²) in [7, 11) is 0. The van der Waals surface area contributed by atoms with Crippen molar-refractivity contribution >= 4 is 11.7 Å². The van der Waals surface area contributed by atoms with Crippen LogP contribution in [0.25, 0.3) is 0 Å². The molecule has 110 valence electrons. The second kappa shape index (κ2) is 7.14. The Morgan fingerprint density at radius 2 is 1.73 bits per heavy atom. The first-order valence-electron chi connectivity index (χ1n) is 6.63. The number of ketones is 1. The van der Waals surface area contributed by atoms with Crippen LogP contribution in [0.15, 0.2) is 54.6 Å². The lowest BCUT2D eigenvalue weighted by atomic mass is 9.98.